The Hall–Kier alpha value is -2.23. The maximum Gasteiger partial charge on any atom is 0.256 e. The molecule has 2 aromatic carbocycles. The summed E-state index contributed by atoms with van der Waals surface area (Å²) >= 11 is 3.25. The van der Waals surface area contributed by atoms with Crippen molar-refractivity contribution >= 4 is 49.1 Å². The zero-order valence-corrected chi connectivity index (χ0v) is 18.1. The van der Waals surface area contributed by atoms with Crippen molar-refractivity contribution in [1.82, 2.24) is 0 Å². The van der Waals surface area contributed by atoms with E-state index in [4.69, 9.17) is 5.14 Å². The van der Waals surface area contributed by atoms with E-state index in [1.165, 1.54) is 24.6 Å². The van der Waals surface area contributed by atoms with Crippen LogP contribution in [-0.4, -0.2) is 20.2 Å². The topological polar surface area (TPSA) is 118 Å². The third kappa shape index (κ3) is 5.65. The van der Waals surface area contributed by atoms with Gasteiger partial charge >= 0.3 is 0 Å². The molecular formula is C20H22BrN3O4S. The van der Waals surface area contributed by atoms with Crippen molar-refractivity contribution in [2.75, 3.05) is 10.6 Å². The maximum atomic E-state index is 12.6. The second-order valence-electron chi connectivity index (χ2n) is 7.05. The van der Waals surface area contributed by atoms with Crippen molar-refractivity contribution in [2.24, 2.45) is 11.1 Å². The summed E-state index contributed by atoms with van der Waals surface area (Å²) in [4.78, 5) is 24.9. The van der Waals surface area contributed by atoms with E-state index in [1.54, 1.807) is 24.3 Å². The maximum absolute atomic E-state index is 12.6. The van der Waals surface area contributed by atoms with E-state index in [-0.39, 0.29) is 22.3 Å². The molecule has 3 rings (SSSR count). The lowest BCUT2D eigenvalue weighted by molar-refractivity contribution is -0.120. The first kappa shape index (κ1) is 21.5. The molecule has 0 heterocycles. The Morgan fingerprint density at radius 3 is 2.28 bits per heavy atom. The summed E-state index contributed by atoms with van der Waals surface area (Å²) in [5, 5.41) is 10.8. The highest BCUT2D eigenvalue weighted by Crippen LogP contribution is 2.26. The van der Waals surface area contributed by atoms with Gasteiger partial charge in [0.25, 0.3) is 5.91 Å². The summed E-state index contributed by atoms with van der Waals surface area (Å²) in [7, 11) is -3.93. The highest BCUT2D eigenvalue weighted by atomic mass is 79.9. The average Bonchev–Trinajstić information content (AvgIpc) is 2.68. The summed E-state index contributed by atoms with van der Waals surface area (Å²) in [6.45, 7) is 0. The number of hydrogen-bond donors (Lipinski definition) is 3. The molecule has 1 aliphatic carbocycles. The smallest absolute Gasteiger partial charge is 0.256 e. The molecule has 1 fully saturated rings. The molecule has 4 N–H and O–H groups in total. The van der Waals surface area contributed by atoms with Crippen LogP contribution in [0.5, 0.6) is 0 Å². The molecule has 1 saturated carbocycles. The predicted molar refractivity (Wildman–Crippen MR) is 115 cm³/mol. The van der Waals surface area contributed by atoms with E-state index in [9.17, 15) is 18.0 Å². The molecule has 154 valence electrons. The number of primary sulfonamides is 1. The number of carbonyl (C=O) groups excluding carboxylic acids is 2. The summed E-state index contributed by atoms with van der Waals surface area (Å²) < 4.78 is 23.5. The van der Waals surface area contributed by atoms with E-state index in [2.05, 4.69) is 26.6 Å². The Morgan fingerprint density at radius 1 is 0.966 bits per heavy atom. The van der Waals surface area contributed by atoms with Crippen LogP contribution in [-0.2, 0) is 14.8 Å². The molecule has 0 radical (unpaired) electrons. The van der Waals surface area contributed by atoms with Gasteiger partial charge in [-0.25, -0.2) is 13.6 Å². The first-order valence-corrected chi connectivity index (χ1v) is 11.6. The number of amides is 2. The van der Waals surface area contributed by atoms with E-state index in [1.807, 2.05) is 0 Å². The summed E-state index contributed by atoms with van der Waals surface area (Å²) in [5.41, 5.74) is 1.20. The van der Waals surface area contributed by atoms with Crippen LogP contribution in [0, 0.1) is 5.92 Å². The molecule has 2 amide bonds. The molecule has 0 saturated heterocycles. The Morgan fingerprint density at radius 2 is 1.62 bits per heavy atom. The number of anilines is 2. The quantitative estimate of drug-likeness (QED) is 0.602. The van der Waals surface area contributed by atoms with Crippen molar-refractivity contribution in [2.45, 2.75) is 37.0 Å². The van der Waals surface area contributed by atoms with Gasteiger partial charge in [-0.3, -0.25) is 9.59 Å². The van der Waals surface area contributed by atoms with E-state index in [0.29, 0.717) is 15.8 Å². The highest BCUT2D eigenvalue weighted by molar-refractivity contribution is 9.10. The molecule has 0 bridgehead atoms. The lowest BCUT2D eigenvalue weighted by Gasteiger charge is -2.20. The second-order valence-corrected chi connectivity index (χ2v) is 9.46. The minimum Gasteiger partial charge on any atom is -0.326 e. The normalized spacial score (nSPS) is 15.0. The van der Waals surface area contributed by atoms with Gasteiger partial charge in [-0.05, 0) is 65.2 Å². The fraction of sp³-hybridized carbons (Fsp3) is 0.300. The monoisotopic (exact) mass is 479 g/mol. The van der Waals surface area contributed by atoms with Gasteiger partial charge in [-0.2, -0.15) is 0 Å². The summed E-state index contributed by atoms with van der Waals surface area (Å²) in [5.74, 6) is -0.478. The van der Waals surface area contributed by atoms with Crippen molar-refractivity contribution in [3.05, 3.63) is 52.5 Å². The van der Waals surface area contributed by atoms with Crippen LogP contribution in [0.2, 0.25) is 0 Å². The van der Waals surface area contributed by atoms with Crippen molar-refractivity contribution in [3.63, 3.8) is 0 Å². The number of rotatable bonds is 5. The second kappa shape index (κ2) is 9.06. The molecule has 0 aliphatic heterocycles. The van der Waals surface area contributed by atoms with Crippen molar-refractivity contribution in [3.8, 4) is 0 Å². The minimum atomic E-state index is -3.93. The third-order valence-corrected chi connectivity index (χ3v) is 6.48. The molecule has 7 nitrogen and oxygen atoms in total. The fourth-order valence-corrected chi connectivity index (χ4v) is 4.30. The zero-order valence-electron chi connectivity index (χ0n) is 15.7. The van der Waals surface area contributed by atoms with Crippen LogP contribution in [0.3, 0.4) is 0 Å². The fourth-order valence-electron chi connectivity index (χ4n) is 3.34. The molecule has 0 spiro atoms. The lowest BCUT2D eigenvalue weighted by Crippen LogP contribution is -2.24. The third-order valence-electron chi connectivity index (χ3n) is 4.87. The van der Waals surface area contributed by atoms with Crippen molar-refractivity contribution < 1.29 is 18.0 Å². The molecular weight excluding hydrogens is 458 g/mol. The molecule has 9 heteroatoms. The van der Waals surface area contributed by atoms with Gasteiger partial charge < -0.3 is 10.6 Å². The molecule has 29 heavy (non-hydrogen) atoms. The number of benzene rings is 2. The number of hydrogen-bond acceptors (Lipinski definition) is 4. The molecule has 2 aromatic rings. The van der Waals surface area contributed by atoms with Gasteiger partial charge in [0, 0.05) is 21.8 Å². The molecule has 1 aliphatic rings. The van der Waals surface area contributed by atoms with Gasteiger partial charge in [-0.15, -0.1) is 0 Å². The van der Waals surface area contributed by atoms with E-state index < -0.39 is 15.9 Å². The van der Waals surface area contributed by atoms with E-state index >= 15 is 0 Å². The number of sulfonamides is 1. The van der Waals surface area contributed by atoms with Gasteiger partial charge in [0.15, 0.2) is 0 Å². The number of nitrogens with one attached hydrogen (secondary N) is 2. The first-order valence-electron chi connectivity index (χ1n) is 9.28. The zero-order chi connectivity index (χ0) is 21.0. The Labute approximate surface area is 178 Å². The van der Waals surface area contributed by atoms with Crippen molar-refractivity contribution in [1.29, 1.82) is 0 Å². The van der Waals surface area contributed by atoms with E-state index in [0.717, 1.165) is 25.7 Å². The largest absolute Gasteiger partial charge is 0.326 e. The number of nitrogens with two attached hydrogens (primary N) is 1. The summed E-state index contributed by atoms with van der Waals surface area (Å²) in [6.07, 6.45) is 5.11. The summed E-state index contributed by atoms with van der Waals surface area (Å²) in [6, 6.07) is 10.8. The standard InChI is InChI=1S/C20H22BrN3O4S/c21-18-10-9-16(29(22,27)28)12-17(18)20(26)24-15-8-4-7-14(11-15)23-19(25)13-5-2-1-3-6-13/h4,7-13H,1-3,5-6H2,(H,23,25)(H,24,26)(H2,22,27,28). The van der Waals surface area contributed by atoms with Gasteiger partial charge in [0.1, 0.15) is 0 Å². The molecule has 0 unspecified atom stereocenters. The Bertz CT molecular complexity index is 1030. The molecule has 0 atom stereocenters. The highest BCUT2D eigenvalue weighted by Gasteiger charge is 2.21. The van der Waals surface area contributed by atoms with Gasteiger partial charge in [0.2, 0.25) is 15.9 Å². The van der Waals surface area contributed by atoms with Crippen LogP contribution in [0.25, 0.3) is 0 Å². The SMILES string of the molecule is NS(=O)(=O)c1ccc(Br)c(C(=O)Nc2cccc(NC(=O)C3CCCCC3)c2)c1. The van der Waals surface area contributed by atoms with Crippen LogP contribution >= 0.6 is 15.9 Å². The van der Waals surface area contributed by atoms with Crippen LogP contribution in [0.1, 0.15) is 42.5 Å². The Kier molecular flexibility index (Phi) is 6.71. The average molecular weight is 480 g/mol. The lowest BCUT2D eigenvalue weighted by atomic mass is 9.88. The minimum absolute atomic E-state index is 0.00299. The number of halogens is 1. The van der Waals surface area contributed by atoms with Gasteiger partial charge in [-0.1, -0.05) is 25.3 Å². The predicted octanol–water partition coefficient (Wildman–Crippen LogP) is 3.87. The van der Waals surface area contributed by atoms with Crippen LogP contribution < -0.4 is 15.8 Å². The Balaban J connectivity index is 1.73. The van der Waals surface area contributed by atoms with Crippen LogP contribution in [0.15, 0.2) is 51.8 Å². The molecule has 0 aromatic heterocycles. The first-order chi connectivity index (χ1) is 13.7. The number of carbonyl (C=O) groups is 2. The van der Waals surface area contributed by atoms with Gasteiger partial charge in [0.05, 0.1) is 10.5 Å². The van der Waals surface area contributed by atoms with Crippen LogP contribution in [0.4, 0.5) is 11.4 Å².